The molecular formula is C27H36N8O3. The quantitative estimate of drug-likeness (QED) is 0.394. The van der Waals surface area contributed by atoms with Crippen LogP contribution in [0.2, 0.25) is 0 Å². The Bertz CT molecular complexity index is 1460. The maximum absolute atomic E-state index is 10.3. The topological polar surface area (TPSA) is 107 Å². The molecule has 1 atom stereocenters. The summed E-state index contributed by atoms with van der Waals surface area (Å²) < 4.78 is 16.0. The van der Waals surface area contributed by atoms with Crippen molar-refractivity contribution in [2.45, 2.75) is 51.9 Å². The molecule has 0 radical (unpaired) electrons. The van der Waals surface area contributed by atoms with Crippen LogP contribution in [0.4, 0.5) is 5.82 Å². The summed E-state index contributed by atoms with van der Waals surface area (Å²) in [6, 6.07) is 8.58. The van der Waals surface area contributed by atoms with Gasteiger partial charge in [0, 0.05) is 45.6 Å². The fourth-order valence-electron chi connectivity index (χ4n) is 5.21. The second kappa shape index (κ2) is 9.48. The summed E-state index contributed by atoms with van der Waals surface area (Å²) in [4.78, 5) is 24.3. The molecule has 4 aromatic rings. The predicted molar refractivity (Wildman–Crippen MR) is 145 cm³/mol. The number of para-hydroxylation sites is 2. The van der Waals surface area contributed by atoms with Crippen molar-refractivity contribution < 1.29 is 14.6 Å². The van der Waals surface area contributed by atoms with Crippen LogP contribution in [0.1, 0.15) is 45.9 Å². The van der Waals surface area contributed by atoms with Crippen molar-refractivity contribution in [2.75, 3.05) is 44.3 Å². The van der Waals surface area contributed by atoms with Gasteiger partial charge in [-0.2, -0.15) is 15.0 Å². The number of aryl methyl sites for hydroxylation is 1. The second-order valence-electron chi connectivity index (χ2n) is 11.2. The van der Waals surface area contributed by atoms with E-state index in [1.165, 1.54) is 0 Å². The first-order chi connectivity index (χ1) is 18.2. The molecule has 0 saturated carbocycles. The Kier molecular flexibility index (Phi) is 6.24. The predicted octanol–water partition coefficient (Wildman–Crippen LogP) is 2.84. The van der Waals surface area contributed by atoms with E-state index in [-0.39, 0.29) is 12.1 Å². The highest BCUT2D eigenvalue weighted by Crippen LogP contribution is 2.32. The van der Waals surface area contributed by atoms with E-state index in [0.717, 1.165) is 48.7 Å². The Morgan fingerprint density at radius 1 is 1.08 bits per heavy atom. The molecule has 1 unspecified atom stereocenters. The van der Waals surface area contributed by atoms with Gasteiger partial charge < -0.3 is 19.5 Å². The number of aliphatic hydroxyl groups is 1. The molecule has 38 heavy (non-hydrogen) atoms. The third-order valence-corrected chi connectivity index (χ3v) is 7.16. The maximum Gasteiger partial charge on any atom is 0.300 e. The van der Waals surface area contributed by atoms with Crippen LogP contribution in [0, 0.1) is 0 Å². The summed E-state index contributed by atoms with van der Waals surface area (Å²) >= 11 is 0. The molecule has 2 saturated heterocycles. The van der Waals surface area contributed by atoms with E-state index in [9.17, 15) is 5.11 Å². The van der Waals surface area contributed by atoms with E-state index in [4.69, 9.17) is 29.4 Å². The highest BCUT2D eigenvalue weighted by atomic mass is 16.5. The standard InChI is InChI=1S/C27H36N8O3/c1-17(2)22-28-18-8-6-7-9-19(18)35(22)25-30-23-21(24(31-25)33-12-14-37-15-13-33)29-26(32(23)5)38-20-10-11-34(20)16-27(3,4)36/h6-9,17,20,36H,10-16H2,1-5H3. The Labute approximate surface area is 222 Å². The van der Waals surface area contributed by atoms with Crippen LogP contribution in [-0.4, -0.2) is 90.3 Å². The maximum atomic E-state index is 10.3. The van der Waals surface area contributed by atoms with Crippen LogP contribution in [0.25, 0.3) is 28.1 Å². The zero-order valence-corrected chi connectivity index (χ0v) is 22.8. The molecular weight excluding hydrogens is 484 g/mol. The zero-order chi connectivity index (χ0) is 26.6. The number of morpholine rings is 1. The first-order valence-electron chi connectivity index (χ1n) is 13.4. The van der Waals surface area contributed by atoms with Crippen molar-refractivity contribution in [1.82, 2.24) is 34.0 Å². The number of benzene rings is 1. The van der Waals surface area contributed by atoms with Crippen molar-refractivity contribution in [3.63, 3.8) is 0 Å². The summed E-state index contributed by atoms with van der Waals surface area (Å²) in [7, 11) is 1.93. The van der Waals surface area contributed by atoms with Crippen LogP contribution in [0.5, 0.6) is 6.01 Å². The van der Waals surface area contributed by atoms with Gasteiger partial charge in [-0.15, -0.1) is 0 Å². The lowest BCUT2D eigenvalue weighted by atomic mass is 10.1. The minimum Gasteiger partial charge on any atom is -0.445 e. The minimum absolute atomic E-state index is 0.138. The van der Waals surface area contributed by atoms with Crippen molar-refractivity contribution >= 4 is 28.0 Å². The van der Waals surface area contributed by atoms with Gasteiger partial charge in [0.2, 0.25) is 5.95 Å². The number of hydrogen-bond donors (Lipinski definition) is 1. The average Bonchev–Trinajstić information content (AvgIpc) is 3.43. The molecule has 6 rings (SSSR count). The summed E-state index contributed by atoms with van der Waals surface area (Å²) in [6.07, 6.45) is 0.743. The monoisotopic (exact) mass is 520 g/mol. The largest absolute Gasteiger partial charge is 0.445 e. The number of likely N-dealkylation sites (tertiary alicyclic amines) is 1. The van der Waals surface area contributed by atoms with E-state index in [2.05, 4.69) is 34.3 Å². The summed E-state index contributed by atoms with van der Waals surface area (Å²) in [5, 5.41) is 10.3. The number of β-amino-alcohol motifs (C(OH)–C–C–N with tert-alkyl or cyclic N) is 1. The number of imidazole rings is 2. The third-order valence-electron chi connectivity index (χ3n) is 7.16. The van der Waals surface area contributed by atoms with Gasteiger partial charge in [0.15, 0.2) is 23.2 Å². The van der Waals surface area contributed by atoms with Crippen LogP contribution in [-0.2, 0) is 11.8 Å². The molecule has 1 aromatic carbocycles. The fraction of sp³-hybridized carbons (Fsp3) is 0.556. The molecule has 0 spiro atoms. The lowest BCUT2D eigenvalue weighted by Crippen LogP contribution is -2.55. The number of ether oxygens (including phenoxy) is 2. The summed E-state index contributed by atoms with van der Waals surface area (Å²) in [5.41, 5.74) is 2.50. The molecule has 11 nitrogen and oxygen atoms in total. The van der Waals surface area contributed by atoms with Crippen molar-refractivity contribution in [2.24, 2.45) is 7.05 Å². The Hall–Kier alpha value is -3.28. The Morgan fingerprint density at radius 2 is 1.84 bits per heavy atom. The summed E-state index contributed by atoms with van der Waals surface area (Å²) in [5.74, 6) is 2.43. The second-order valence-corrected chi connectivity index (χ2v) is 11.2. The van der Waals surface area contributed by atoms with E-state index in [1.807, 2.05) is 43.7 Å². The Balaban J connectivity index is 1.47. The average molecular weight is 521 g/mol. The van der Waals surface area contributed by atoms with Gasteiger partial charge in [-0.3, -0.25) is 14.0 Å². The summed E-state index contributed by atoms with van der Waals surface area (Å²) in [6.45, 7) is 12.0. The van der Waals surface area contributed by atoms with E-state index in [0.29, 0.717) is 42.9 Å². The van der Waals surface area contributed by atoms with Gasteiger partial charge in [-0.05, 0) is 26.0 Å². The molecule has 0 aliphatic carbocycles. The van der Waals surface area contributed by atoms with Gasteiger partial charge in [-0.1, -0.05) is 26.0 Å². The molecule has 2 aliphatic heterocycles. The SMILES string of the molecule is CC(C)c1nc2ccccc2n1-c1nc(N2CCOCC2)c2nc(OC3CCN3CC(C)(C)O)n(C)c2n1. The first kappa shape index (κ1) is 25.0. The van der Waals surface area contributed by atoms with E-state index < -0.39 is 5.60 Å². The first-order valence-corrected chi connectivity index (χ1v) is 13.4. The number of rotatable bonds is 7. The van der Waals surface area contributed by atoms with Gasteiger partial charge in [0.1, 0.15) is 5.82 Å². The molecule has 3 aromatic heterocycles. The highest BCUT2D eigenvalue weighted by molar-refractivity contribution is 5.86. The van der Waals surface area contributed by atoms with Crippen molar-refractivity contribution in [3.8, 4) is 12.0 Å². The molecule has 1 N–H and O–H groups in total. The van der Waals surface area contributed by atoms with Gasteiger partial charge in [0.25, 0.3) is 6.01 Å². The van der Waals surface area contributed by atoms with Gasteiger partial charge in [0.05, 0.1) is 29.8 Å². The minimum atomic E-state index is -0.792. The van der Waals surface area contributed by atoms with Crippen LogP contribution in [0.15, 0.2) is 24.3 Å². The lowest BCUT2D eigenvalue weighted by Gasteiger charge is -2.42. The molecule has 0 bridgehead atoms. The van der Waals surface area contributed by atoms with E-state index >= 15 is 0 Å². The lowest BCUT2D eigenvalue weighted by molar-refractivity contribution is -0.0969. The highest BCUT2D eigenvalue weighted by Gasteiger charge is 2.35. The third kappa shape index (κ3) is 4.48. The van der Waals surface area contributed by atoms with Crippen LogP contribution in [0.3, 0.4) is 0 Å². The molecule has 2 aliphatic rings. The molecule has 0 amide bonds. The molecule has 5 heterocycles. The fourth-order valence-corrected chi connectivity index (χ4v) is 5.21. The molecule has 11 heteroatoms. The normalized spacial score (nSPS) is 19.0. The number of anilines is 1. The smallest absolute Gasteiger partial charge is 0.300 e. The van der Waals surface area contributed by atoms with Gasteiger partial charge in [-0.25, -0.2) is 4.98 Å². The van der Waals surface area contributed by atoms with Gasteiger partial charge >= 0.3 is 0 Å². The Morgan fingerprint density at radius 3 is 2.53 bits per heavy atom. The number of hydrogen-bond acceptors (Lipinski definition) is 9. The van der Waals surface area contributed by atoms with E-state index in [1.54, 1.807) is 0 Å². The number of nitrogens with zero attached hydrogens (tertiary/aromatic N) is 8. The molecule has 202 valence electrons. The van der Waals surface area contributed by atoms with Crippen LogP contribution >= 0.6 is 0 Å². The zero-order valence-electron chi connectivity index (χ0n) is 22.8. The van der Waals surface area contributed by atoms with Crippen LogP contribution < -0.4 is 9.64 Å². The number of aromatic nitrogens is 6. The van der Waals surface area contributed by atoms with Crippen molar-refractivity contribution in [1.29, 1.82) is 0 Å². The van der Waals surface area contributed by atoms with Crippen molar-refractivity contribution in [3.05, 3.63) is 30.1 Å². The number of fused-ring (bicyclic) bond motifs is 2. The molecule has 2 fully saturated rings.